The Kier molecular flexibility index (Phi) is 2.12. The van der Waals surface area contributed by atoms with Gasteiger partial charge in [-0.3, -0.25) is 0 Å². The van der Waals surface area contributed by atoms with Crippen molar-refractivity contribution in [1.82, 2.24) is 4.98 Å². The second-order valence-electron chi connectivity index (χ2n) is 2.17. The van der Waals surface area contributed by atoms with Crippen LogP contribution in [0.4, 0.5) is 13.2 Å². The minimum atomic E-state index is -2.63. The SMILES string of the molecule is Cc1cc(C(F)F)cc(F)n1. The fourth-order valence-electron chi connectivity index (χ4n) is 0.779. The van der Waals surface area contributed by atoms with Crippen molar-refractivity contribution in [3.05, 3.63) is 29.3 Å². The molecule has 1 heterocycles. The lowest BCUT2D eigenvalue weighted by atomic mass is 10.2. The van der Waals surface area contributed by atoms with E-state index in [9.17, 15) is 13.2 Å². The normalized spacial score (nSPS) is 10.6. The van der Waals surface area contributed by atoms with Crippen molar-refractivity contribution in [3.8, 4) is 0 Å². The molecule has 0 aromatic carbocycles. The third-order valence-corrected chi connectivity index (χ3v) is 1.20. The van der Waals surface area contributed by atoms with E-state index in [1.165, 1.54) is 6.92 Å². The molecule has 4 heteroatoms. The van der Waals surface area contributed by atoms with Gasteiger partial charge in [0.15, 0.2) is 0 Å². The van der Waals surface area contributed by atoms with Crippen molar-refractivity contribution < 1.29 is 13.2 Å². The van der Waals surface area contributed by atoms with Crippen LogP contribution in [0.15, 0.2) is 12.1 Å². The summed E-state index contributed by atoms with van der Waals surface area (Å²) in [5.74, 6) is -0.861. The van der Waals surface area contributed by atoms with Crippen molar-refractivity contribution in [1.29, 1.82) is 0 Å². The fraction of sp³-hybridized carbons (Fsp3) is 0.286. The number of halogens is 3. The van der Waals surface area contributed by atoms with Gasteiger partial charge in [-0.1, -0.05) is 0 Å². The zero-order valence-corrected chi connectivity index (χ0v) is 5.81. The molecule has 1 aromatic heterocycles. The fourth-order valence-corrected chi connectivity index (χ4v) is 0.779. The van der Waals surface area contributed by atoms with Gasteiger partial charge in [0.05, 0.1) is 0 Å². The van der Waals surface area contributed by atoms with E-state index in [-0.39, 0.29) is 11.3 Å². The number of rotatable bonds is 1. The molecule has 0 aliphatic heterocycles. The van der Waals surface area contributed by atoms with Gasteiger partial charge in [-0.05, 0) is 13.0 Å². The van der Waals surface area contributed by atoms with Gasteiger partial charge < -0.3 is 0 Å². The Balaban J connectivity index is 3.08. The van der Waals surface area contributed by atoms with Crippen LogP contribution in [0.5, 0.6) is 0 Å². The number of hydrogen-bond donors (Lipinski definition) is 0. The van der Waals surface area contributed by atoms with Gasteiger partial charge in [0.25, 0.3) is 6.43 Å². The van der Waals surface area contributed by atoms with E-state index >= 15 is 0 Å². The first-order valence-electron chi connectivity index (χ1n) is 3.02. The monoisotopic (exact) mass is 161 g/mol. The average molecular weight is 161 g/mol. The Labute approximate surface area is 61.9 Å². The number of hydrogen-bond acceptors (Lipinski definition) is 1. The van der Waals surface area contributed by atoms with E-state index in [4.69, 9.17) is 0 Å². The largest absolute Gasteiger partial charge is 0.264 e. The summed E-state index contributed by atoms with van der Waals surface area (Å²) in [7, 11) is 0. The van der Waals surface area contributed by atoms with Crippen molar-refractivity contribution >= 4 is 0 Å². The van der Waals surface area contributed by atoms with Crippen LogP contribution in [0.25, 0.3) is 0 Å². The molecule has 11 heavy (non-hydrogen) atoms. The highest BCUT2D eigenvalue weighted by Crippen LogP contribution is 2.19. The summed E-state index contributed by atoms with van der Waals surface area (Å²) in [5.41, 5.74) is -0.0599. The number of aryl methyl sites for hydroxylation is 1. The summed E-state index contributed by atoms with van der Waals surface area (Å²) < 4.78 is 36.2. The third kappa shape index (κ3) is 1.93. The van der Waals surface area contributed by atoms with Crippen LogP contribution in [-0.2, 0) is 0 Å². The quantitative estimate of drug-likeness (QED) is 0.576. The van der Waals surface area contributed by atoms with E-state index in [1.807, 2.05) is 0 Å². The summed E-state index contributed by atoms with van der Waals surface area (Å²) >= 11 is 0. The molecule has 0 spiro atoms. The molecule has 0 bridgehead atoms. The van der Waals surface area contributed by atoms with Crippen molar-refractivity contribution in [3.63, 3.8) is 0 Å². The minimum Gasteiger partial charge on any atom is -0.225 e. The summed E-state index contributed by atoms with van der Waals surface area (Å²) in [6.45, 7) is 1.47. The molecular weight excluding hydrogens is 155 g/mol. The van der Waals surface area contributed by atoms with Crippen LogP contribution >= 0.6 is 0 Å². The maximum atomic E-state index is 12.3. The van der Waals surface area contributed by atoms with Gasteiger partial charge in [-0.15, -0.1) is 0 Å². The molecule has 60 valence electrons. The van der Waals surface area contributed by atoms with Crippen LogP contribution in [0, 0.1) is 12.9 Å². The second kappa shape index (κ2) is 2.90. The van der Waals surface area contributed by atoms with E-state index in [2.05, 4.69) is 4.98 Å². The van der Waals surface area contributed by atoms with Crippen molar-refractivity contribution in [2.75, 3.05) is 0 Å². The first-order valence-corrected chi connectivity index (χ1v) is 3.02. The van der Waals surface area contributed by atoms with Crippen LogP contribution in [0.3, 0.4) is 0 Å². The van der Waals surface area contributed by atoms with Gasteiger partial charge in [-0.2, -0.15) is 4.39 Å². The molecule has 0 fully saturated rings. The molecule has 0 saturated heterocycles. The Hall–Kier alpha value is -1.06. The summed E-state index contributed by atoms with van der Waals surface area (Å²) in [6, 6.07) is 1.89. The molecule has 0 unspecified atom stereocenters. The molecule has 1 aromatic rings. The zero-order valence-electron chi connectivity index (χ0n) is 5.81. The molecule has 0 N–H and O–H groups in total. The van der Waals surface area contributed by atoms with Crippen LogP contribution in [0.2, 0.25) is 0 Å². The highest BCUT2D eigenvalue weighted by molar-refractivity contribution is 5.17. The summed E-state index contributed by atoms with van der Waals surface area (Å²) in [5, 5.41) is 0. The highest BCUT2D eigenvalue weighted by Gasteiger charge is 2.08. The average Bonchev–Trinajstić information content (AvgIpc) is 1.85. The highest BCUT2D eigenvalue weighted by atomic mass is 19.3. The Morgan fingerprint density at radius 1 is 1.36 bits per heavy atom. The van der Waals surface area contributed by atoms with Gasteiger partial charge >= 0.3 is 0 Å². The van der Waals surface area contributed by atoms with Crippen LogP contribution in [-0.4, -0.2) is 4.98 Å². The Bertz CT molecular complexity index is 240. The minimum absolute atomic E-state index is 0.264. The maximum absolute atomic E-state index is 12.3. The Morgan fingerprint density at radius 2 is 2.00 bits per heavy atom. The van der Waals surface area contributed by atoms with E-state index < -0.39 is 12.4 Å². The molecule has 0 aliphatic carbocycles. The first kappa shape index (κ1) is 8.04. The molecule has 0 radical (unpaired) electrons. The first-order chi connectivity index (χ1) is 5.09. The second-order valence-corrected chi connectivity index (χ2v) is 2.17. The predicted octanol–water partition coefficient (Wildman–Crippen LogP) is 2.47. The maximum Gasteiger partial charge on any atom is 0.264 e. The van der Waals surface area contributed by atoms with Gasteiger partial charge in [0.2, 0.25) is 5.95 Å². The standard InChI is InChI=1S/C7H6F3N/c1-4-2-5(7(9)10)3-6(8)11-4/h2-3,7H,1H3. The lowest BCUT2D eigenvalue weighted by Crippen LogP contribution is -1.92. The molecule has 1 nitrogen and oxygen atoms in total. The molecular formula is C7H6F3N. The lowest BCUT2D eigenvalue weighted by molar-refractivity contribution is 0.150. The number of aromatic nitrogens is 1. The molecule has 0 saturated carbocycles. The molecule has 0 amide bonds. The third-order valence-electron chi connectivity index (χ3n) is 1.20. The van der Waals surface area contributed by atoms with Crippen LogP contribution in [0.1, 0.15) is 17.7 Å². The number of nitrogens with zero attached hydrogens (tertiary/aromatic N) is 1. The van der Waals surface area contributed by atoms with Crippen LogP contribution < -0.4 is 0 Å². The topological polar surface area (TPSA) is 12.9 Å². The van der Waals surface area contributed by atoms with Crippen molar-refractivity contribution in [2.45, 2.75) is 13.3 Å². The predicted molar refractivity (Wildman–Crippen MR) is 33.9 cm³/mol. The summed E-state index contributed by atoms with van der Waals surface area (Å²) in [4.78, 5) is 3.32. The van der Waals surface area contributed by atoms with Gasteiger partial charge in [-0.25, -0.2) is 13.8 Å². The molecule has 0 atom stereocenters. The smallest absolute Gasteiger partial charge is 0.225 e. The molecule has 1 rings (SSSR count). The van der Waals surface area contributed by atoms with E-state index in [0.29, 0.717) is 0 Å². The van der Waals surface area contributed by atoms with Gasteiger partial charge in [0.1, 0.15) is 0 Å². The zero-order chi connectivity index (χ0) is 8.43. The number of alkyl halides is 2. The van der Waals surface area contributed by atoms with E-state index in [1.54, 1.807) is 0 Å². The number of pyridine rings is 1. The molecule has 0 aliphatic rings. The summed E-state index contributed by atoms with van der Waals surface area (Å²) in [6.07, 6.45) is -2.63. The Morgan fingerprint density at radius 3 is 2.45 bits per heavy atom. The lowest BCUT2D eigenvalue weighted by Gasteiger charge is -1.99. The van der Waals surface area contributed by atoms with Gasteiger partial charge in [0, 0.05) is 17.3 Å². The van der Waals surface area contributed by atoms with E-state index in [0.717, 1.165) is 12.1 Å². The van der Waals surface area contributed by atoms with Crippen molar-refractivity contribution in [2.24, 2.45) is 0 Å².